The van der Waals surface area contributed by atoms with Gasteiger partial charge in [0.15, 0.2) is 0 Å². The SMILES string of the molecule is CC(C)c1ccc(-c2ccccc2Oc2ccccc2)cc1. The van der Waals surface area contributed by atoms with Crippen LogP contribution < -0.4 is 4.74 Å². The van der Waals surface area contributed by atoms with E-state index < -0.39 is 0 Å². The second kappa shape index (κ2) is 6.48. The van der Waals surface area contributed by atoms with Crippen molar-refractivity contribution in [2.45, 2.75) is 19.8 Å². The van der Waals surface area contributed by atoms with Gasteiger partial charge in [0.1, 0.15) is 11.5 Å². The first-order valence-electron chi connectivity index (χ1n) is 7.66. The molecule has 0 amide bonds. The average Bonchev–Trinajstić information content (AvgIpc) is 2.56. The second-order valence-corrected chi connectivity index (χ2v) is 5.69. The molecule has 3 rings (SSSR count). The zero-order chi connectivity index (χ0) is 15.4. The Morgan fingerprint density at radius 3 is 2.00 bits per heavy atom. The molecule has 0 fully saturated rings. The van der Waals surface area contributed by atoms with Crippen LogP contribution in [0, 0.1) is 0 Å². The monoisotopic (exact) mass is 288 g/mol. The van der Waals surface area contributed by atoms with E-state index in [-0.39, 0.29) is 0 Å². The Morgan fingerprint density at radius 1 is 0.682 bits per heavy atom. The van der Waals surface area contributed by atoms with Crippen LogP contribution in [0.2, 0.25) is 0 Å². The first-order chi connectivity index (χ1) is 10.7. The molecule has 110 valence electrons. The molecule has 0 N–H and O–H groups in total. The lowest BCUT2D eigenvalue weighted by Crippen LogP contribution is -1.90. The second-order valence-electron chi connectivity index (χ2n) is 5.69. The van der Waals surface area contributed by atoms with Crippen LogP contribution in [-0.2, 0) is 0 Å². The zero-order valence-electron chi connectivity index (χ0n) is 13.0. The van der Waals surface area contributed by atoms with Gasteiger partial charge in [0.25, 0.3) is 0 Å². The molecule has 0 aliphatic rings. The lowest BCUT2D eigenvalue weighted by atomic mass is 9.98. The standard InChI is InChI=1S/C21H20O/c1-16(2)17-12-14-18(15-13-17)20-10-6-7-11-21(20)22-19-8-4-3-5-9-19/h3-16H,1-2H3. The van der Waals surface area contributed by atoms with Gasteiger partial charge in [0.05, 0.1) is 0 Å². The van der Waals surface area contributed by atoms with E-state index in [1.165, 1.54) is 11.1 Å². The van der Waals surface area contributed by atoms with Crippen molar-refractivity contribution in [3.63, 3.8) is 0 Å². The molecule has 0 saturated carbocycles. The molecule has 22 heavy (non-hydrogen) atoms. The molecule has 0 aliphatic heterocycles. The van der Waals surface area contributed by atoms with Crippen molar-refractivity contribution >= 4 is 0 Å². The van der Waals surface area contributed by atoms with E-state index in [9.17, 15) is 0 Å². The molecule has 0 bridgehead atoms. The topological polar surface area (TPSA) is 9.23 Å². The zero-order valence-corrected chi connectivity index (χ0v) is 13.0. The smallest absolute Gasteiger partial charge is 0.135 e. The molecule has 3 aromatic rings. The minimum Gasteiger partial charge on any atom is -0.457 e. The van der Waals surface area contributed by atoms with Crippen LogP contribution in [0.15, 0.2) is 78.9 Å². The van der Waals surface area contributed by atoms with E-state index in [1.54, 1.807) is 0 Å². The largest absolute Gasteiger partial charge is 0.457 e. The van der Waals surface area contributed by atoms with Crippen LogP contribution in [0.25, 0.3) is 11.1 Å². The molecule has 0 heterocycles. The van der Waals surface area contributed by atoms with E-state index >= 15 is 0 Å². The normalized spacial score (nSPS) is 10.7. The lowest BCUT2D eigenvalue weighted by Gasteiger charge is -2.12. The summed E-state index contributed by atoms with van der Waals surface area (Å²) in [6.07, 6.45) is 0. The first kappa shape index (κ1) is 14.4. The summed E-state index contributed by atoms with van der Waals surface area (Å²) in [5.41, 5.74) is 3.64. The van der Waals surface area contributed by atoms with E-state index in [1.807, 2.05) is 48.5 Å². The summed E-state index contributed by atoms with van der Waals surface area (Å²) in [5.74, 6) is 2.28. The molecular formula is C21H20O. The Hall–Kier alpha value is -2.54. The summed E-state index contributed by atoms with van der Waals surface area (Å²) in [5, 5.41) is 0. The first-order valence-corrected chi connectivity index (χ1v) is 7.66. The van der Waals surface area contributed by atoms with Gasteiger partial charge in [-0.05, 0) is 35.2 Å². The van der Waals surface area contributed by atoms with Crippen LogP contribution in [0.5, 0.6) is 11.5 Å². The van der Waals surface area contributed by atoms with Crippen molar-refractivity contribution in [1.82, 2.24) is 0 Å². The summed E-state index contributed by atoms with van der Waals surface area (Å²) in [7, 11) is 0. The molecule has 0 atom stereocenters. The van der Waals surface area contributed by atoms with Crippen molar-refractivity contribution in [1.29, 1.82) is 0 Å². The fourth-order valence-electron chi connectivity index (χ4n) is 2.46. The molecule has 3 aromatic carbocycles. The number of hydrogen-bond donors (Lipinski definition) is 0. The van der Waals surface area contributed by atoms with Crippen molar-refractivity contribution in [3.8, 4) is 22.6 Å². The van der Waals surface area contributed by atoms with E-state index in [0.717, 1.165) is 17.1 Å². The fourth-order valence-corrected chi connectivity index (χ4v) is 2.46. The van der Waals surface area contributed by atoms with Gasteiger partial charge in [-0.25, -0.2) is 0 Å². The highest BCUT2D eigenvalue weighted by Gasteiger charge is 2.07. The number of rotatable bonds is 4. The Bertz CT molecular complexity index is 727. The third kappa shape index (κ3) is 3.20. The minimum absolute atomic E-state index is 0.546. The van der Waals surface area contributed by atoms with Crippen molar-refractivity contribution in [3.05, 3.63) is 84.4 Å². The predicted octanol–water partition coefficient (Wildman–Crippen LogP) is 6.27. The molecule has 0 radical (unpaired) electrons. The molecule has 1 heteroatoms. The van der Waals surface area contributed by atoms with Crippen molar-refractivity contribution < 1.29 is 4.74 Å². The minimum atomic E-state index is 0.546. The Morgan fingerprint density at radius 2 is 1.32 bits per heavy atom. The van der Waals surface area contributed by atoms with Gasteiger partial charge in [-0.1, -0.05) is 74.5 Å². The van der Waals surface area contributed by atoms with Gasteiger partial charge < -0.3 is 4.74 Å². The van der Waals surface area contributed by atoms with Gasteiger partial charge in [-0.2, -0.15) is 0 Å². The molecule has 0 saturated heterocycles. The molecule has 0 aliphatic carbocycles. The van der Waals surface area contributed by atoms with E-state index in [4.69, 9.17) is 4.74 Å². The average molecular weight is 288 g/mol. The van der Waals surface area contributed by atoms with Gasteiger partial charge in [0, 0.05) is 5.56 Å². The van der Waals surface area contributed by atoms with Gasteiger partial charge in [0.2, 0.25) is 0 Å². The van der Waals surface area contributed by atoms with Gasteiger partial charge in [-0.3, -0.25) is 0 Å². The Balaban J connectivity index is 1.94. The van der Waals surface area contributed by atoms with Crippen LogP contribution >= 0.6 is 0 Å². The maximum atomic E-state index is 6.04. The molecule has 1 nitrogen and oxygen atoms in total. The maximum Gasteiger partial charge on any atom is 0.135 e. The highest BCUT2D eigenvalue weighted by atomic mass is 16.5. The summed E-state index contributed by atoms with van der Waals surface area (Å²) in [4.78, 5) is 0. The molecular weight excluding hydrogens is 268 g/mol. The Kier molecular flexibility index (Phi) is 4.24. The molecule has 0 unspecified atom stereocenters. The third-order valence-corrected chi connectivity index (χ3v) is 3.75. The Labute approximate surface area is 132 Å². The van der Waals surface area contributed by atoms with Crippen molar-refractivity contribution in [2.75, 3.05) is 0 Å². The highest BCUT2D eigenvalue weighted by molar-refractivity contribution is 5.71. The summed E-state index contributed by atoms with van der Waals surface area (Å²) in [6, 6.07) is 26.8. The number of benzene rings is 3. The molecule has 0 spiro atoms. The highest BCUT2D eigenvalue weighted by Crippen LogP contribution is 2.33. The van der Waals surface area contributed by atoms with Crippen LogP contribution in [0.3, 0.4) is 0 Å². The number of ether oxygens (including phenoxy) is 1. The van der Waals surface area contributed by atoms with Crippen molar-refractivity contribution in [2.24, 2.45) is 0 Å². The molecule has 0 aromatic heterocycles. The summed E-state index contributed by atoms with van der Waals surface area (Å²) < 4.78 is 6.04. The number of hydrogen-bond acceptors (Lipinski definition) is 1. The van der Waals surface area contributed by atoms with Gasteiger partial charge in [-0.15, -0.1) is 0 Å². The van der Waals surface area contributed by atoms with E-state index in [2.05, 4.69) is 44.2 Å². The third-order valence-electron chi connectivity index (χ3n) is 3.75. The summed E-state index contributed by atoms with van der Waals surface area (Å²) >= 11 is 0. The van der Waals surface area contributed by atoms with Gasteiger partial charge >= 0.3 is 0 Å². The van der Waals surface area contributed by atoms with E-state index in [0.29, 0.717) is 5.92 Å². The summed E-state index contributed by atoms with van der Waals surface area (Å²) in [6.45, 7) is 4.42. The van der Waals surface area contributed by atoms with Crippen LogP contribution in [0.1, 0.15) is 25.3 Å². The quantitative estimate of drug-likeness (QED) is 0.549. The fraction of sp³-hybridized carbons (Fsp3) is 0.143. The number of para-hydroxylation sites is 2. The predicted molar refractivity (Wildman–Crippen MR) is 92.5 cm³/mol. The maximum absolute atomic E-state index is 6.04. The van der Waals surface area contributed by atoms with Crippen LogP contribution in [0.4, 0.5) is 0 Å². The van der Waals surface area contributed by atoms with Crippen LogP contribution in [-0.4, -0.2) is 0 Å². The lowest BCUT2D eigenvalue weighted by molar-refractivity contribution is 0.484.